The van der Waals surface area contributed by atoms with E-state index < -0.39 is 0 Å². The van der Waals surface area contributed by atoms with Crippen molar-refractivity contribution in [1.29, 1.82) is 0 Å². The molecule has 0 aliphatic carbocycles. The Labute approximate surface area is 132 Å². The second-order valence-corrected chi connectivity index (χ2v) is 5.53. The molecule has 0 radical (unpaired) electrons. The number of likely N-dealkylation sites (N-methyl/N-ethyl adjacent to an activating group) is 1. The molecule has 1 aromatic heterocycles. The zero-order chi connectivity index (χ0) is 15.9. The van der Waals surface area contributed by atoms with Gasteiger partial charge in [-0.3, -0.25) is 4.79 Å². The topological polar surface area (TPSA) is 45.5 Å². The highest BCUT2D eigenvalue weighted by atomic mass is 16.3. The summed E-state index contributed by atoms with van der Waals surface area (Å²) in [5, 5.41) is 3.27. The minimum atomic E-state index is 0.0495. The molecular weight excluding hydrogens is 276 g/mol. The zero-order valence-corrected chi connectivity index (χ0v) is 13.5. The number of benzene rings is 1. The molecule has 118 valence electrons. The van der Waals surface area contributed by atoms with Crippen molar-refractivity contribution in [3.05, 3.63) is 59.5 Å². The molecular formula is C18H24N2O2. The van der Waals surface area contributed by atoms with Gasteiger partial charge in [0.2, 0.25) is 5.91 Å². The molecule has 22 heavy (non-hydrogen) atoms. The Balaban J connectivity index is 1.81. The molecule has 2 aromatic rings. The fourth-order valence-corrected chi connectivity index (χ4v) is 2.26. The fraction of sp³-hybridized carbons (Fsp3) is 0.389. The summed E-state index contributed by atoms with van der Waals surface area (Å²) in [4.78, 5) is 13.8. The van der Waals surface area contributed by atoms with E-state index >= 15 is 0 Å². The van der Waals surface area contributed by atoms with E-state index in [4.69, 9.17) is 4.42 Å². The Morgan fingerprint density at radius 2 is 2.00 bits per heavy atom. The molecule has 0 saturated carbocycles. The van der Waals surface area contributed by atoms with Gasteiger partial charge in [-0.1, -0.05) is 31.2 Å². The average Bonchev–Trinajstić information content (AvgIpc) is 3.05. The van der Waals surface area contributed by atoms with Gasteiger partial charge in [0.25, 0.3) is 0 Å². The molecule has 1 amide bonds. The predicted octanol–water partition coefficient (Wildman–Crippen LogP) is 3.15. The highest BCUT2D eigenvalue weighted by Gasteiger charge is 2.12. The third kappa shape index (κ3) is 4.46. The molecule has 1 unspecified atom stereocenters. The van der Waals surface area contributed by atoms with E-state index in [0.29, 0.717) is 13.1 Å². The third-order valence-corrected chi connectivity index (χ3v) is 3.85. The van der Waals surface area contributed by atoms with Gasteiger partial charge in [0, 0.05) is 13.1 Å². The summed E-state index contributed by atoms with van der Waals surface area (Å²) in [6, 6.07) is 12.4. The van der Waals surface area contributed by atoms with Crippen molar-refractivity contribution < 1.29 is 9.21 Å². The fourth-order valence-electron chi connectivity index (χ4n) is 2.26. The van der Waals surface area contributed by atoms with Crippen LogP contribution in [-0.4, -0.2) is 24.4 Å². The first kappa shape index (κ1) is 16.3. The van der Waals surface area contributed by atoms with E-state index in [-0.39, 0.29) is 11.9 Å². The molecule has 0 fully saturated rings. The number of nitrogens with one attached hydrogen (secondary N) is 1. The monoisotopic (exact) mass is 300 g/mol. The van der Waals surface area contributed by atoms with Crippen LogP contribution in [-0.2, 0) is 17.8 Å². The molecule has 1 atom stereocenters. The Morgan fingerprint density at radius 3 is 2.59 bits per heavy atom. The average molecular weight is 300 g/mol. The molecule has 1 aromatic carbocycles. The molecule has 4 heteroatoms. The van der Waals surface area contributed by atoms with Crippen LogP contribution in [0.4, 0.5) is 0 Å². The summed E-state index contributed by atoms with van der Waals surface area (Å²) >= 11 is 0. The Hall–Kier alpha value is -2.07. The minimum absolute atomic E-state index is 0.0495. The lowest BCUT2D eigenvalue weighted by molar-refractivity contribution is -0.129. The maximum absolute atomic E-state index is 12.1. The quantitative estimate of drug-likeness (QED) is 0.854. The van der Waals surface area contributed by atoms with Crippen molar-refractivity contribution in [2.75, 3.05) is 13.6 Å². The summed E-state index contributed by atoms with van der Waals surface area (Å²) in [6.07, 6.45) is 2.66. The second kappa shape index (κ2) is 7.80. The van der Waals surface area contributed by atoms with Crippen molar-refractivity contribution in [2.45, 2.75) is 32.9 Å². The maximum atomic E-state index is 12.1. The number of aryl methyl sites for hydroxylation is 1. The lowest BCUT2D eigenvalue weighted by Gasteiger charge is -2.19. The molecule has 1 heterocycles. The van der Waals surface area contributed by atoms with E-state index in [0.717, 1.165) is 12.2 Å². The number of furan rings is 1. The van der Waals surface area contributed by atoms with Gasteiger partial charge in [-0.2, -0.15) is 0 Å². The zero-order valence-electron chi connectivity index (χ0n) is 13.5. The molecule has 2 rings (SSSR count). The van der Waals surface area contributed by atoms with E-state index in [9.17, 15) is 4.79 Å². The molecule has 0 saturated heterocycles. The minimum Gasteiger partial charge on any atom is -0.467 e. The van der Waals surface area contributed by atoms with E-state index in [1.807, 2.05) is 12.1 Å². The lowest BCUT2D eigenvalue weighted by atomic mass is 10.1. The van der Waals surface area contributed by atoms with Crippen molar-refractivity contribution in [1.82, 2.24) is 10.2 Å². The lowest BCUT2D eigenvalue weighted by Crippen LogP contribution is -2.36. The summed E-state index contributed by atoms with van der Waals surface area (Å²) in [5.74, 6) is 0.840. The highest BCUT2D eigenvalue weighted by molar-refractivity contribution is 5.77. The maximum Gasteiger partial charge on any atom is 0.236 e. The van der Waals surface area contributed by atoms with Crippen molar-refractivity contribution in [3.8, 4) is 0 Å². The van der Waals surface area contributed by atoms with E-state index in [2.05, 4.69) is 43.4 Å². The number of hydrogen-bond donors (Lipinski definition) is 1. The van der Waals surface area contributed by atoms with Gasteiger partial charge >= 0.3 is 0 Å². The number of carbonyl (C=O) groups is 1. The van der Waals surface area contributed by atoms with Crippen LogP contribution >= 0.6 is 0 Å². The first-order valence-corrected chi connectivity index (χ1v) is 7.68. The molecule has 4 nitrogen and oxygen atoms in total. The van der Waals surface area contributed by atoms with Crippen LogP contribution in [0, 0.1) is 0 Å². The molecule has 0 aliphatic heterocycles. The van der Waals surface area contributed by atoms with E-state index in [1.54, 1.807) is 18.2 Å². The summed E-state index contributed by atoms with van der Waals surface area (Å²) in [5.41, 5.74) is 2.52. The standard InChI is InChI=1S/C18H24N2O2/c1-4-15-7-9-16(10-8-15)14(2)19-12-18(21)20(3)13-17-6-5-11-22-17/h5-11,14,19H,4,12-13H2,1-3H3. The Kier molecular flexibility index (Phi) is 5.78. The van der Waals surface area contributed by atoms with Crippen LogP contribution in [0.25, 0.3) is 0 Å². The van der Waals surface area contributed by atoms with Gasteiger partial charge in [0.05, 0.1) is 19.4 Å². The number of rotatable bonds is 7. The predicted molar refractivity (Wildman–Crippen MR) is 87.4 cm³/mol. The Bertz CT molecular complexity index is 576. The van der Waals surface area contributed by atoms with Gasteiger partial charge in [-0.15, -0.1) is 0 Å². The summed E-state index contributed by atoms with van der Waals surface area (Å²) < 4.78 is 5.26. The highest BCUT2D eigenvalue weighted by Crippen LogP contribution is 2.13. The van der Waals surface area contributed by atoms with Crippen molar-refractivity contribution in [2.24, 2.45) is 0 Å². The smallest absolute Gasteiger partial charge is 0.236 e. The number of carbonyl (C=O) groups excluding carboxylic acids is 1. The molecule has 1 N–H and O–H groups in total. The van der Waals surface area contributed by atoms with Gasteiger partial charge in [-0.05, 0) is 36.6 Å². The van der Waals surface area contributed by atoms with Gasteiger partial charge in [-0.25, -0.2) is 0 Å². The van der Waals surface area contributed by atoms with Gasteiger partial charge in [0.1, 0.15) is 5.76 Å². The Morgan fingerprint density at radius 1 is 1.27 bits per heavy atom. The van der Waals surface area contributed by atoms with Crippen LogP contribution in [0.15, 0.2) is 47.1 Å². The normalized spacial score (nSPS) is 12.1. The SMILES string of the molecule is CCc1ccc(C(C)NCC(=O)N(C)Cc2ccco2)cc1. The second-order valence-electron chi connectivity index (χ2n) is 5.53. The van der Waals surface area contributed by atoms with Crippen LogP contribution < -0.4 is 5.32 Å². The molecule has 0 spiro atoms. The summed E-state index contributed by atoms with van der Waals surface area (Å²) in [6.45, 7) is 5.02. The third-order valence-electron chi connectivity index (χ3n) is 3.85. The largest absolute Gasteiger partial charge is 0.467 e. The van der Waals surface area contributed by atoms with Gasteiger partial charge in [0.15, 0.2) is 0 Å². The number of hydrogen-bond acceptors (Lipinski definition) is 3. The van der Waals surface area contributed by atoms with Gasteiger partial charge < -0.3 is 14.6 Å². The van der Waals surface area contributed by atoms with Crippen LogP contribution in [0.2, 0.25) is 0 Å². The van der Waals surface area contributed by atoms with Crippen molar-refractivity contribution >= 4 is 5.91 Å². The summed E-state index contributed by atoms with van der Waals surface area (Å²) in [7, 11) is 1.78. The number of amides is 1. The first-order valence-electron chi connectivity index (χ1n) is 7.68. The van der Waals surface area contributed by atoms with Crippen LogP contribution in [0.1, 0.15) is 36.8 Å². The molecule has 0 aliphatic rings. The van der Waals surface area contributed by atoms with E-state index in [1.165, 1.54) is 11.1 Å². The van der Waals surface area contributed by atoms with Crippen LogP contribution in [0.3, 0.4) is 0 Å². The molecule has 0 bridgehead atoms. The van der Waals surface area contributed by atoms with Crippen LogP contribution in [0.5, 0.6) is 0 Å². The number of nitrogens with zero attached hydrogens (tertiary/aromatic N) is 1. The first-order chi connectivity index (χ1) is 10.6. The van der Waals surface area contributed by atoms with Crippen molar-refractivity contribution in [3.63, 3.8) is 0 Å².